The van der Waals surface area contributed by atoms with Crippen LogP contribution in [0.2, 0.25) is 5.02 Å². The summed E-state index contributed by atoms with van der Waals surface area (Å²) in [6.45, 7) is 2.69. The first kappa shape index (κ1) is 22.4. The van der Waals surface area contributed by atoms with Crippen LogP contribution in [0.4, 0.5) is 11.4 Å². The van der Waals surface area contributed by atoms with Crippen LogP contribution in [0, 0.1) is 6.92 Å². The zero-order valence-electron chi connectivity index (χ0n) is 18.1. The van der Waals surface area contributed by atoms with E-state index in [1.165, 1.54) is 6.08 Å². The molecule has 6 nitrogen and oxygen atoms in total. The second-order valence-electron chi connectivity index (χ2n) is 7.55. The Kier molecular flexibility index (Phi) is 6.95. The van der Waals surface area contributed by atoms with Crippen molar-refractivity contribution in [3.63, 3.8) is 0 Å². The smallest absolute Gasteiger partial charge is 0.265 e. The quantitative estimate of drug-likeness (QED) is 0.496. The number of hydrogen-bond donors (Lipinski definition) is 1. The molecule has 0 spiro atoms. The molecule has 0 saturated carbocycles. The molecule has 0 saturated heterocycles. The number of carbonyl (C=O) groups is 2. The fourth-order valence-electron chi connectivity index (χ4n) is 3.35. The maximum absolute atomic E-state index is 12.4. The Morgan fingerprint density at radius 3 is 2.64 bits per heavy atom. The van der Waals surface area contributed by atoms with E-state index in [4.69, 9.17) is 21.1 Å². The molecule has 3 aromatic carbocycles. The zero-order chi connectivity index (χ0) is 23.2. The van der Waals surface area contributed by atoms with Crippen LogP contribution in [-0.2, 0) is 9.59 Å². The van der Waals surface area contributed by atoms with E-state index in [0.717, 1.165) is 16.9 Å². The van der Waals surface area contributed by atoms with E-state index in [2.05, 4.69) is 5.32 Å². The van der Waals surface area contributed by atoms with Gasteiger partial charge in [0.25, 0.3) is 5.91 Å². The van der Waals surface area contributed by atoms with E-state index in [1.807, 2.05) is 43.3 Å². The van der Waals surface area contributed by atoms with Crippen LogP contribution < -0.4 is 19.7 Å². The van der Waals surface area contributed by atoms with E-state index in [1.54, 1.807) is 41.3 Å². The Hall–Kier alpha value is -3.77. The van der Waals surface area contributed by atoms with Gasteiger partial charge in [0.05, 0.1) is 12.2 Å². The van der Waals surface area contributed by atoms with Crippen molar-refractivity contribution in [2.45, 2.75) is 6.92 Å². The molecule has 2 amide bonds. The van der Waals surface area contributed by atoms with Crippen LogP contribution in [0.15, 0.2) is 72.8 Å². The molecule has 0 fully saturated rings. The second-order valence-corrected chi connectivity index (χ2v) is 7.99. The minimum absolute atomic E-state index is 0.0641. The summed E-state index contributed by atoms with van der Waals surface area (Å²) in [7, 11) is 0. The molecule has 0 aliphatic carbocycles. The first-order chi connectivity index (χ1) is 16.0. The number of aryl methyl sites for hydroxylation is 1. The lowest BCUT2D eigenvalue weighted by Crippen LogP contribution is -2.41. The Balaban J connectivity index is 1.38. The molecule has 33 heavy (non-hydrogen) atoms. The lowest BCUT2D eigenvalue weighted by Gasteiger charge is -2.29. The largest absolute Gasteiger partial charge is 0.492 e. The molecule has 1 aliphatic heterocycles. The van der Waals surface area contributed by atoms with Gasteiger partial charge in [0.1, 0.15) is 18.1 Å². The Morgan fingerprint density at radius 2 is 1.88 bits per heavy atom. The van der Waals surface area contributed by atoms with Crippen molar-refractivity contribution in [3.8, 4) is 11.5 Å². The number of carbonyl (C=O) groups excluding carboxylic acids is 2. The van der Waals surface area contributed by atoms with Gasteiger partial charge in [-0.1, -0.05) is 41.4 Å². The molecular formula is C26H23ClN2O4. The van der Waals surface area contributed by atoms with Crippen molar-refractivity contribution < 1.29 is 19.1 Å². The maximum atomic E-state index is 12.4. The minimum Gasteiger partial charge on any atom is -0.492 e. The SMILES string of the molecule is Cc1ccc(OCCN2C(=O)COc3cc(NC(=O)/C=C/c4ccc(Cl)cc4)ccc32)cc1. The average Bonchev–Trinajstić information content (AvgIpc) is 2.81. The molecule has 1 N–H and O–H groups in total. The van der Waals surface area contributed by atoms with Gasteiger partial charge in [0.2, 0.25) is 5.91 Å². The summed E-state index contributed by atoms with van der Waals surface area (Å²) in [5, 5.41) is 3.45. The second kappa shape index (κ2) is 10.2. The number of ether oxygens (including phenoxy) is 2. The molecule has 1 aliphatic rings. The summed E-state index contributed by atoms with van der Waals surface area (Å²) in [6, 6.07) is 20.2. The highest BCUT2D eigenvalue weighted by Crippen LogP contribution is 2.34. The lowest BCUT2D eigenvalue weighted by molar-refractivity contribution is -0.121. The minimum atomic E-state index is -0.278. The Labute approximate surface area is 197 Å². The summed E-state index contributed by atoms with van der Waals surface area (Å²) in [4.78, 5) is 26.3. The number of nitrogens with one attached hydrogen (secondary N) is 1. The summed E-state index contributed by atoms with van der Waals surface area (Å²) < 4.78 is 11.4. The van der Waals surface area contributed by atoms with Gasteiger partial charge in [-0.2, -0.15) is 0 Å². The van der Waals surface area contributed by atoms with Gasteiger partial charge in [-0.05, 0) is 55.0 Å². The number of halogens is 1. The number of amides is 2. The van der Waals surface area contributed by atoms with E-state index in [-0.39, 0.29) is 18.4 Å². The molecule has 3 aromatic rings. The summed E-state index contributed by atoms with van der Waals surface area (Å²) in [5.41, 5.74) is 3.24. The monoisotopic (exact) mass is 462 g/mol. The highest BCUT2D eigenvalue weighted by Gasteiger charge is 2.25. The molecule has 7 heteroatoms. The molecular weight excluding hydrogens is 440 g/mol. The standard InChI is InChI=1S/C26H23ClN2O4/c1-18-2-10-22(11-3-18)32-15-14-29-23-12-9-21(16-24(23)33-17-26(29)31)28-25(30)13-6-19-4-7-20(27)8-5-19/h2-13,16H,14-15,17H2,1H3,(H,28,30)/b13-6+. The van der Waals surface area contributed by atoms with Crippen molar-refractivity contribution in [1.82, 2.24) is 0 Å². The molecule has 0 aromatic heterocycles. The lowest BCUT2D eigenvalue weighted by atomic mass is 10.2. The van der Waals surface area contributed by atoms with Gasteiger partial charge in [0, 0.05) is 22.9 Å². The van der Waals surface area contributed by atoms with E-state index < -0.39 is 0 Å². The third kappa shape index (κ3) is 5.93. The summed E-state index contributed by atoms with van der Waals surface area (Å²) >= 11 is 5.87. The average molecular weight is 463 g/mol. The molecule has 0 bridgehead atoms. The molecule has 0 unspecified atom stereocenters. The number of rotatable bonds is 7. The molecule has 168 valence electrons. The van der Waals surface area contributed by atoms with E-state index in [9.17, 15) is 9.59 Å². The van der Waals surface area contributed by atoms with Gasteiger partial charge in [-0.25, -0.2) is 0 Å². The van der Waals surface area contributed by atoms with Crippen LogP contribution in [0.5, 0.6) is 11.5 Å². The number of benzene rings is 3. The van der Waals surface area contributed by atoms with Crippen LogP contribution >= 0.6 is 11.6 Å². The van der Waals surface area contributed by atoms with Gasteiger partial charge in [-0.3, -0.25) is 9.59 Å². The van der Waals surface area contributed by atoms with Gasteiger partial charge in [-0.15, -0.1) is 0 Å². The fourth-order valence-corrected chi connectivity index (χ4v) is 3.47. The van der Waals surface area contributed by atoms with Crippen LogP contribution in [0.3, 0.4) is 0 Å². The third-order valence-electron chi connectivity index (χ3n) is 5.07. The van der Waals surface area contributed by atoms with Crippen molar-refractivity contribution in [2.75, 3.05) is 30.0 Å². The maximum Gasteiger partial charge on any atom is 0.265 e. The molecule has 0 atom stereocenters. The number of nitrogens with zero attached hydrogens (tertiary/aromatic N) is 1. The highest BCUT2D eigenvalue weighted by atomic mass is 35.5. The predicted octanol–water partition coefficient (Wildman–Crippen LogP) is 5.10. The third-order valence-corrected chi connectivity index (χ3v) is 5.32. The van der Waals surface area contributed by atoms with Crippen LogP contribution in [0.25, 0.3) is 6.08 Å². The van der Waals surface area contributed by atoms with Crippen molar-refractivity contribution in [1.29, 1.82) is 0 Å². The van der Waals surface area contributed by atoms with E-state index in [0.29, 0.717) is 35.3 Å². The Morgan fingerprint density at radius 1 is 1.12 bits per heavy atom. The summed E-state index contributed by atoms with van der Waals surface area (Å²) in [6.07, 6.45) is 3.15. The molecule has 1 heterocycles. The normalized spacial score (nSPS) is 12.9. The van der Waals surface area contributed by atoms with Gasteiger partial charge >= 0.3 is 0 Å². The van der Waals surface area contributed by atoms with E-state index >= 15 is 0 Å². The first-order valence-corrected chi connectivity index (χ1v) is 10.9. The predicted molar refractivity (Wildman–Crippen MR) is 130 cm³/mol. The number of fused-ring (bicyclic) bond motifs is 1. The highest BCUT2D eigenvalue weighted by molar-refractivity contribution is 6.30. The fraction of sp³-hybridized carbons (Fsp3) is 0.154. The topological polar surface area (TPSA) is 67.9 Å². The summed E-state index contributed by atoms with van der Waals surface area (Å²) in [5.74, 6) is 0.869. The van der Waals surface area contributed by atoms with Gasteiger partial charge < -0.3 is 19.7 Å². The Bertz CT molecular complexity index is 1170. The van der Waals surface area contributed by atoms with Crippen molar-refractivity contribution >= 4 is 40.9 Å². The molecule has 0 radical (unpaired) electrons. The van der Waals surface area contributed by atoms with Crippen molar-refractivity contribution in [3.05, 3.63) is 89.0 Å². The first-order valence-electron chi connectivity index (χ1n) is 10.5. The zero-order valence-corrected chi connectivity index (χ0v) is 18.8. The van der Waals surface area contributed by atoms with Crippen LogP contribution in [0.1, 0.15) is 11.1 Å². The van der Waals surface area contributed by atoms with Crippen LogP contribution in [-0.4, -0.2) is 31.6 Å². The van der Waals surface area contributed by atoms with Crippen molar-refractivity contribution in [2.24, 2.45) is 0 Å². The number of hydrogen-bond acceptors (Lipinski definition) is 4. The molecule has 4 rings (SSSR count). The number of anilines is 2. The van der Waals surface area contributed by atoms with Gasteiger partial charge in [0.15, 0.2) is 6.61 Å².